The second kappa shape index (κ2) is 9.19. The van der Waals surface area contributed by atoms with Crippen molar-refractivity contribution < 1.29 is 18.7 Å². The molecule has 1 aliphatic rings. The molecule has 1 saturated heterocycles. The predicted octanol–water partition coefficient (Wildman–Crippen LogP) is 4.35. The van der Waals surface area contributed by atoms with Crippen molar-refractivity contribution in [2.45, 2.75) is 38.5 Å². The fraction of sp³-hybridized carbons (Fsp3) is 0.450. The average molecular weight is 392 g/mol. The molecule has 0 saturated carbocycles. The number of nitrogens with one attached hydrogen (secondary N) is 1. The third-order valence-electron chi connectivity index (χ3n) is 4.68. The number of benzene rings is 1. The van der Waals surface area contributed by atoms with Gasteiger partial charge in [0.15, 0.2) is 11.6 Å². The van der Waals surface area contributed by atoms with E-state index in [2.05, 4.69) is 5.32 Å². The molecule has 1 aromatic heterocycles. The van der Waals surface area contributed by atoms with Crippen LogP contribution in [0.4, 0.5) is 9.18 Å². The lowest BCUT2D eigenvalue weighted by Gasteiger charge is -2.27. The van der Waals surface area contributed by atoms with Crippen molar-refractivity contribution in [1.29, 1.82) is 0 Å². The van der Waals surface area contributed by atoms with Gasteiger partial charge in [0.2, 0.25) is 0 Å². The molecule has 1 aromatic carbocycles. The molecular weight excluding hydrogens is 367 g/mol. The minimum absolute atomic E-state index is 0.0736. The molecule has 146 valence electrons. The van der Waals surface area contributed by atoms with Crippen molar-refractivity contribution in [3.63, 3.8) is 0 Å². The fourth-order valence-electron chi connectivity index (χ4n) is 3.16. The third-order valence-corrected chi connectivity index (χ3v) is 5.54. The summed E-state index contributed by atoms with van der Waals surface area (Å²) in [4.78, 5) is 15.8. The summed E-state index contributed by atoms with van der Waals surface area (Å²) < 4.78 is 24.6. The molecule has 2 aromatic rings. The first-order valence-electron chi connectivity index (χ1n) is 9.09. The molecule has 1 aliphatic heterocycles. The lowest BCUT2D eigenvalue weighted by atomic mass is 10.1. The Kier molecular flexibility index (Phi) is 6.68. The van der Waals surface area contributed by atoms with Crippen LogP contribution in [0.1, 0.15) is 36.2 Å². The Balaban J connectivity index is 1.67. The first-order valence-corrected chi connectivity index (χ1v) is 9.97. The number of nitrogens with zero attached hydrogens (tertiary/aromatic N) is 1. The van der Waals surface area contributed by atoms with Crippen LogP contribution in [0.5, 0.6) is 5.75 Å². The van der Waals surface area contributed by atoms with E-state index in [1.807, 2.05) is 24.4 Å². The number of hydrogen-bond acceptors (Lipinski definition) is 4. The normalized spacial score (nSPS) is 17.5. The quantitative estimate of drug-likeness (QED) is 0.762. The number of rotatable bonds is 7. The van der Waals surface area contributed by atoms with E-state index in [1.165, 1.54) is 13.2 Å². The van der Waals surface area contributed by atoms with E-state index in [4.69, 9.17) is 9.47 Å². The summed E-state index contributed by atoms with van der Waals surface area (Å²) in [6.07, 6.45) is 2.07. The maximum absolute atomic E-state index is 14.0. The van der Waals surface area contributed by atoms with E-state index in [9.17, 15) is 9.18 Å². The molecular formula is C20H25FN2O3S. The van der Waals surface area contributed by atoms with Crippen molar-refractivity contribution in [3.8, 4) is 5.75 Å². The molecule has 0 aliphatic carbocycles. The zero-order valence-electron chi connectivity index (χ0n) is 15.6. The topological polar surface area (TPSA) is 50.8 Å². The molecule has 7 heteroatoms. The lowest BCUT2D eigenvalue weighted by Crippen LogP contribution is -2.44. The summed E-state index contributed by atoms with van der Waals surface area (Å²) in [5.41, 5.74) is 0.690. The highest BCUT2D eigenvalue weighted by atomic mass is 32.1. The van der Waals surface area contributed by atoms with E-state index in [1.54, 1.807) is 28.4 Å². The van der Waals surface area contributed by atoms with Crippen molar-refractivity contribution in [3.05, 3.63) is 52.0 Å². The van der Waals surface area contributed by atoms with Crippen molar-refractivity contribution in [2.75, 3.05) is 20.3 Å². The van der Waals surface area contributed by atoms with E-state index < -0.39 is 5.82 Å². The zero-order valence-corrected chi connectivity index (χ0v) is 16.4. The highest BCUT2D eigenvalue weighted by Crippen LogP contribution is 2.23. The maximum Gasteiger partial charge on any atom is 0.318 e. The molecule has 0 spiro atoms. The van der Waals surface area contributed by atoms with Crippen LogP contribution < -0.4 is 10.1 Å². The van der Waals surface area contributed by atoms with Gasteiger partial charge in [-0.25, -0.2) is 9.18 Å². The molecule has 0 radical (unpaired) electrons. The summed E-state index contributed by atoms with van der Waals surface area (Å²) in [6.45, 7) is 3.68. The number of carbonyl (C=O) groups is 1. The molecule has 2 heterocycles. The van der Waals surface area contributed by atoms with Crippen LogP contribution in [-0.4, -0.2) is 37.3 Å². The van der Waals surface area contributed by atoms with E-state index in [0.717, 1.165) is 24.3 Å². The third kappa shape index (κ3) is 5.20. The van der Waals surface area contributed by atoms with Gasteiger partial charge in [-0.3, -0.25) is 0 Å². The summed E-state index contributed by atoms with van der Waals surface area (Å²) in [5, 5.41) is 4.98. The Morgan fingerprint density at radius 2 is 2.33 bits per heavy atom. The molecule has 0 bridgehead atoms. The minimum atomic E-state index is -0.439. The summed E-state index contributed by atoms with van der Waals surface area (Å²) in [6, 6.07) is 8.22. The minimum Gasteiger partial charge on any atom is -0.494 e. The highest BCUT2D eigenvalue weighted by Gasteiger charge is 2.24. The second-order valence-electron chi connectivity index (χ2n) is 6.66. The first kappa shape index (κ1) is 19.6. The smallest absolute Gasteiger partial charge is 0.318 e. The average Bonchev–Trinajstić information content (AvgIpc) is 3.35. The van der Waals surface area contributed by atoms with Gasteiger partial charge in [0.05, 0.1) is 25.8 Å². The second-order valence-corrected chi connectivity index (χ2v) is 7.69. The number of ether oxygens (including phenoxy) is 2. The van der Waals surface area contributed by atoms with Crippen LogP contribution in [0.15, 0.2) is 35.7 Å². The van der Waals surface area contributed by atoms with Crippen LogP contribution in [0.25, 0.3) is 0 Å². The van der Waals surface area contributed by atoms with Crippen molar-refractivity contribution >= 4 is 17.4 Å². The van der Waals surface area contributed by atoms with E-state index >= 15 is 0 Å². The monoisotopic (exact) mass is 392 g/mol. The highest BCUT2D eigenvalue weighted by molar-refractivity contribution is 7.09. The van der Waals surface area contributed by atoms with Crippen LogP contribution >= 0.6 is 11.3 Å². The molecule has 2 unspecified atom stereocenters. The van der Waals surface area contributed by atoms with Gasteiger partial charge in [-0.1, -0.05) is 12.1 Å². The summed E-state index contributed by atoms with van der Waals surface area (Å²) in [5.74, 6) is -0.249. The standard InChI is InChI=1S/C20H25FN2O3S/c1-14(15-7-8-19(25-2)18(21)11-15)22-20(24)23(12-16-5-3-9-26-16)13-17-6-4-10-27-17/h4,6-8,10-11,14,16H,3,5,9,12-13H2,1-2H3,(H,22,24). The molecule has 2 amide bonds. The largest absolute Gasteiger partial charge is 0.494 e. The van der Waals surface area contributed by atoms with Gasteiger partial charge in [0.25, 0.3) is 0 Å². The Morgan fingerprint density at radius 3 is 2.96 bits per heavy atom. The summed E-state index contributed by atoms with van der Waals surface area (Å²) >= 11 is 1.62. The molecule has 1 N–H and O–H groups in total. The molecule has 27 heavy (non-hydrogen) atoms. The lowest BCUT2D eigenvalue weighted by molar-refractivity contribution is 0.0792. The number of amides is 2. The van der Waals surface area contributed by atoms with Crippen molar-refractivity contribution in [2.24, 2.45) is 0 Å². The molecule has 2 atom stereocenters. The number of urea groups is 1. The van der Waals surface area contributed by atoms with Crippen LogP contribution in [0, 0.1) is 5.82 Å². The SMILES string of the molecule is COc1ccc(C(C)NC(=O)N(Cc2cccs2)CC2CCCO2)cc1F. The number of thiophene rings is 1. The fourth-order valence-corrected chi connectivity index (χ4v) is 3.88. The number of carbonyl (C=O) groups excluding carboxylic acids is 1. The van der Waals surface area contributed by atoms with Gasteiger partial charge in [-0.2, -0.15) is 0 Å². The van der Waals surface area contributed by atoms with Gasteiger partial charge < -0.3 is 19.7 Å². The van der Waals surface area contributed by atoms with Crippen molar-refractivity contribution in [1.82, 2.24) is 10.2 Å². The number of methoxy groups -OCH3 is 1. The van der Waals surface area contributed by atoms with Gasteiger partial charge in [-0.05, 0) is 48.9 Å². The first-order chi connectivity index (χ1) is 13.1. The summed E-state index contributed by atoms with van der Waals surface area (Å²) in [7, 11) is 1.43. The molecule has 3 rings (SSSR count). The van der Waals surface area contributed by atoms with Crippen LogP contribution in [0.2, 0.25) is 0 Å². The van der Waals surface area contributed by atoms with E-state index in [-0.39, 0.29) is 23.9 Å². The van der Waals surface area contributed by atoms with Crippen LogP contribution in [0.3, 0.4) is 0 Å². The molecule has 5 nitrogen and oxygen atoms in total. The molecule has 1 fully saturated rings. The van der Waals surface area contributed by atoms with Gasteiger partial charge in [0.1, 0.15) is 0 Å². The van der Waals surface area contributed by atoms with Crippen LogP contribution in [-0.2, 0) is 11.3 Å². The number of hydrogen-bond donors (Lipinski definition) is 1. The Hall–Kier alpha value is -2.12. The maximum atomic E-state index is 14.0. The van der Waals surface area contributed by atoms with Gasteiger partial charge in [-0.15, -0.1) is 11.3 Å². The Labute approximate surface area is 163 Å². The Morgan fingerprint density at radius 1 is 1.48 bits per heavy atom. The number of halogens is 1. The van der Waals surface area contributed by atoms with Gasteiger partial charge in [0, 0.05) is 18.0 Å². The van der Waals surface area contributed by atoms with E-state index in [0.29, 0.717) is 18.7 Å². The van der Waals surface area contributed by atoms with Gasteiger partial charge >= 0.3 is 6.03 Å². The zero-order chi connectivity index (χ0) is 19.2. The Bertz CT molecular complexity index is 748. The predicted molar refractivity (Wildman–Crippen MR) is 104 cm³/mol.